The number of nitrogens with zero attached hydrogens (tertiary/aromatic N) is 1. The highest BCUT2D eigenvalue weighted by Gasteiger charge is 2.15. The van der Waals surface area contributed by atoms with Gasteiger partial charge in [-0.25, -0.2) is 0 Å². The molecule has 1 rings (SSSR count). The number of hydrogen-bond donors (Lipinski definition) is 0. The van der Waals surface area contributed by atoms with Crippen LogP contribution in [0.4, 0.5) is 0 Å². The molecule has 0 aromatic rings. The maximum atomic E-state index is 5.53. The lowest BCUT2D eigenvalue weighted by Gasteiger charge is -2.03. The molecule has 0 aromatic heterocycles. The highest BCUT2D eigenvalue weighted by atomic mass is 16.5. The Kier molecular flexibility index (Phi) is 6.21. The zero-order valence-corrected chi connectivity index (χ0v) is 8.93. The largest absolute Gasteiger partial charge is 0.381 e. The molecule has 2 nitrogen and oxygen atoms in total. The summed E-state index contributed by atoms with van der Waals surface area (Å²) in [6.45, 7) is 8.05. The zero-order valence-electron chi connectivity index (χ0n) is 8.93. The average molecular weight is 185 g/mol. The molecule has 0 aliphatic carbocycles. The first-order valence-corrected chi connectivity index (χ1v) is 5.73. The Hall–Kier alpha value is -0.0800. The van der Waals surface area contributed by atoms with E-state index in [1.54, 1.807) is 0 Å². The summed E-state index contributed by atoms with van der Waals surface area (Å²) in [7, 11) is 0. The van der Waals surface area contributed by atoms with Crippen molar-refractivity contribution in [2.75, 3.05) is 32.8 Å². The van der Waals surface area contributed by atoms with Crippen molar-refractivity contribution in [2.45, 2.75) is 39.0 Å². The first-order chi connectivity index (χ1) is 6.43. The van der Waals surface area contributed by atoms with Crippen LogP contribution in [0.5, 0.6) is 0 Å². The molecule has 0 unspecified atom stereocenters. The second-order valence-corrected chi connectivity index (χ2v) is 3.87. The van der Waals surface area contributed by atoms with Gasteiger partial charge in [-0.05, 0) is 12.8 Å². The van der Waals surface area contributed by atoms with E-state index in [0.29, 0.717) is 0 Å². The lowest BCUT2D eigenvalue weighted by Crippen LogP contribution is -2.04. The van der Waals surface area contributed by atoms with Crippen molar-refractivity contribution in [2.24, 2.45) is 0 Å². The van der Waals surface area contributed by atoms with E-state index < -0.39 is 0 Å². The van der Waals surface area contributed by atoms with Crippen LogP contribution in [0.15, 0.2) is 0 Å². The first kappa shape index (κ1) is 11.0. The Balaban J connectivity index is 1.63. The van der Waals surface area contributed by atoms with Crippen molar-refractivity contribution in [1.29, 1.82) is 0 Å². The molecule has 2 heteroatoms. The van der Waals surface area contributed by atoms with Gasteiger partial charge in [-0.1, -0.05) is 26.2 Å². The Bertz CT molecular complexity index is 113. The van der Waals surface area contributed by atoms with Crippen molar-refractivity contribution in [3.05, 3.63) is 0 Å². The van der Waals surface area contributed by atoms with Crippen LogP contribution in [0.2, 0.25) is 0 Å². The minimum Gasteiger partial charge on any atom is -0.381 e. The van der Waals surface area contributed by atoms with Crippen LogP contribution in [0.1, 0.15) is 39.0 Å². The monoisotopic (exact) mass is 185 g/mol. The molecule has 1 aliphatic heterocycles. The molecule has 1 aliphatic rings. The summed E-state index contributed by atoms with van der Waals surface area (Å²) in [4.78, 5) is 2.44. The fourth-order valence-electron chi connectivity index (χ4n) is 1.42. The fourth-order valence-corrected chi connectivity index (χ4v) is 1.42. The normalized spacial score (nSPS) is 16.4. The predicted molar refractivity (Wildman–Crippen MR) is 56.0 cm³/mol. The molecule has 0 N–H and O–H groups in total. The van der Waals surface area contributed by atoms with Gasteiger partial charge in [0.05, 0.1) is 0 Å². The standard InChI is InChI=1S/C11H23NO/c1-2-3-4-5-10-13-11-6-7-12-8-9-12/h2-11H2,1H3. The number of unbranched alkanes of at least 4 members (excludes halogenated alkanes) is 3. The van der Waals surface area contributed by atoms with Gasteiger partial charge in [0.25, 0.3) is 0 Å². The molecule has 78 valence electrons. The van der Waals surface area contributed by atoms with Crippen molar-refractivity contribution in [3.63, 3.8) is 0 Å². The molecule has 0 aromatic carbocycles. The number of hydrogen-bond acceptors (Lipinski definition) is 2. The summed E-state index contributed by atoms with van der Waals surface area (Å²) < 4.78 is 5.53. The summed E-state index contributed by atoms with van der Waals surface area (Å²) in [6.07, 6.45) is 6.47. The van der Waals surface area contributed by atoms with Crippen LogP contribution in [0.25, 0.3) is 0 Å². The molecule has 1 saturated heterocycles. The van der Waals surface area contributed by atoms with Gasteiger partial charge in [0.1, 0.15) is 0 Å². The topological polar surface area (TPSA) is 12.2 Å². The van der Waals surface area contributed by atoms with Crippen LogP contribution in [0.3, 0.4) is 0 Å². The van der Waals surface area contributed by atoms with Crippen molar-refractivity contribution < 1.29 is 4.74 Å². The predicted octanol–water partition coefficient (Wildman–Crippen LogP) is 2.29. The molecule has 0 atom stereocenters. The summed E-state index contributed by atoms with van der Waals surface area (Å²) in [6, 6.07) is 0. The summed E-state index contributed by atoms with van der Waals surface area (Å²) in [5, 5.41) is 0. The zero-order chi connectivity index (χ0) is 9.36. The van der Waals surface area contributed by atoms with E-state index in [0.717, 1.165) is 13.2 Å². The molecule has 0 bridgehead atoms. The van der Waals surface area contributed by atoms with E-state index >= 15 is 0 Å². The lowest BCUT2D eigenvalue weighted by atomic mass is 10.2. The van der Waals surface area contributed by atoms with Crippen LogP contribution >= 0.6 is 0 Å². The molecule has 0 radical (unpaired) electrons. The smallest absolute Gasteiger partial charge is 0.0478 e. The molecular weight excluding hydrogens is 162 g/mol. The third kappa shape index (κ3) is 7.03. The Morgan fingerprint density at radius 3 is 2.46 bits per heavy atom. The minimum atomic E-state index is 0.961. The van der Waals surface area contributed by atoms with Gasteiger partial charge < -0.3 is 9.64 Å². The fraction of sp³-hybridized carbons (Fsp3) is 1.00. The molecule has 1 fully saturated rings. The van der Waals surface area contributed by atoms with Gasteiger partial charge in [0, 0.05) is 32.8 Å². The third-order valence-corrected chi connectivity index (χ3v) is 2.45. The molecular formula is C11H23NO. The van der Waals surface area contributed by atoms with Crippen LogP contribution < -0.4 is 0 Å². The first-order valence-electron chi connectivity index (χ1n) is 5.73. The maximum absolute atomic E-state index is 5.53. The Labute approximate surface area is 82.3 Å². The van der Waals surface area contributed by atoms with Crippen LogP contribution in [-0.4, -0.2) is 37.7 Å². The minimum absolute atomic E-state index is 0.961. The molecule has 0 amide bonds. The second kappa shape index (κ2) is 7.34. The van der Waals surface area contributed by atoms with E-state index in [4.69, 9.17) is 4.74 Å². The maximum Gasteiger partial charge on any atom is 0.0478 e. The second-order valence-electron chi connectivity index (χ2n) is 3.87. The van der Waals surface area contributed by atoms with Gasteiger partial charge >= 0.3 is 0 Å². The van der Waals surface area contributed by atoms with E-state index in [1.807, 2.05) is 0 Å². The van der Waals surface area contributed by atoms with Gasteiger partial charge in [0.15, 0.2) is 0 Å². The summed E-state index contributed by atoms with van der Waals surface area (Å²) in [5.74, 6) is 0. The van der Waals surface area contributed by atoms with Crippen LogP contribution in [-0.2, 0) is 4.74 Å². The van der Waals surface area contributed by atoms with Gasteiger partial charge in [0.2, 0.25) is 0 Å². The average Bonchev–Trinajstić information content (AvgIpc) is 2.93. The molecule has 1 heterocycles. The highest BCUT2D eigenvalue weighted by molar-refractivity contribution is 4.71. The highest BCUT2D eigenvalue weighted by Crippen LogP contribution is 2.04. The lowest BCUT2D eigenvalue weighted by molar-refractivity contribution is 0.125. The Morgan fingerprint density at radius 1 is 1.00 bits per heavy atom. The van der Waals surface area contributed by atoms with Crippen LogP contribution in [0, 0.1) is 0 Å². The Morgan fingerprint density at radius 2 is 1.77 bits per heavy atom. The van der Waals surface area contributed by atoms with Gasteiger partial charge in [-0.15, -0.1) is 0 Å². The van der Waals surface area contributed by atoms with Crippen molar-refractivity contribution in [3.8, 4) is 0 Å². The summed E-state index contributed by atoms with van der Waals surface area (Å²) in [5.41, 5.74) is 0. The SMILES string of the molecule is CCCCCCOCCCN1CC1. The number of ether oxygens (including phenoxy) is 1. The van der Waals surface area contributed by atoms with Gasteiger partial charge in [-0.3, -0.25) is 0 Å². The number of rotatable bonds is 9. The van der Waals surface area contributed by atoms with Gasteiger partial charge in [-0.2, -0.15) is 0 Å². The van der Waals surface area contributed by atoms with E-state index in [2.05, 4.69) is 11.8 Å². The molecule has 0 saturated carbocycles. The van der Waals surface area contributed by atoms with Crippen molar-refractivity contribution in [1.82, 2.24) is 4.90 Å². The van der Waals surface area contributed by atoms with E-state index in [-0.39, 0.29) is 0 Å². The third-order valence-electron chi connectivity index (χ3n) is 2.45. The quantitative estimate of drug-likeness (QED) is 0.403. The molecule has 13 heavy (non-hydrogen) atoms. The van der Waals surface area contributed by atoms with E-state index in [1.165, 1.54) is 51.7 Å². The summed E-state index contributed by atoms with van der Waals surface area (Å²) >= 11 is 0. The van der Waals surface area contributed by atoms with Crippen molar-refractivity contribution >= 4 is 0 Å². The van der Waals surface area contributed by atoms with E-state index in [9.17, 15) is 0 Å². The molecule has 0 spiro atoms.